The molecule has 8 heteroatoms. The molecule has 0 aromatic heterocycles. The van der Waals surface area contributed by atoms with Gasteiger partial charge in [-0.05, 0) is 24.3 Å². The van der Waals surface area contributed by atoms with Gasteiger partial charge in [0, 0.05) is 0 Å². The molecule has 0 aliphatic heterocycles. The van der Waals surface area contributed by atoms with Crippen LogP contribution in [0.2, 0.25) is 0 Å². The van der Waals surface area contributed by atoms with Gasteiger partial charge < -0.3 is 24.3 Å². The number of para-hydroxylation sites is 1. The van der Waals surface area contributed by atoms with Crippen molar-refractivity contribution in [3.8, 4) is 17.2 Å². The predicted molar refractivity (Wildman–Crippen MR) is 91.4 cm³/mol. The van der Waals surface area contributed by atoms with Crippen LogP contribution >= 0.6 is 0 Å². The lowest BCUT2D eigenvalue weighted by atomic mass is 10.1. The summed E-state index contributed by atoms with van der Waals surface area (Å²) in [5.41, 5.74) is 0.0566. The molecule has 0 radical (unpaired) electrons. The first-order valence-electron chi connectivity index (χ1n) is 7.52. The van der Waals surface area contributed by atoms with E-state index in [1.165, 1.54) is 51.7 Å². The molecule has 0 fully saturated rings. The van der Waals surface area contributed by atoms with Crippen molar-refractivity contribution >= 4 is 17.6 Å². The minimum atomic E-state index is -0.800. The van der Waals surface area contributed by atoms with E-state index in [0.29, 0.717) is 5.75 Å². The van der Waals surface area contributed by atoms with Gasteiger partial charge in [0.15, 0.2) is 18.1 Å². The van der Waals surface area contributed by atoms with Crippen molar-refractivity contribution in [1.82, 2.24) is 0 Å². The molecule has 0 heterocycles. The Morgan fingerprint density at radius 2 is 1.65 bits per heavy atom. The molecule has 0 spiro atoms. The smallest absolute Gasteiger partial charge is 0.342 e. The van der Waals surface area contributed by atoms with E-state index in [4.69, 9.17) is 18.9 Å². The number of carbonyl (C=O) groups excluding carboxylic acids is 2. The second-order valence-electron chi connectivity index (χ2n) is 4.99. The number of rotatable bonds is 7. The highest BCUT2D eigenvalue weighted by molar-refractivity contribution is 5.97. The number of esters is 1. The number of anilines is 1. The topological polar surface area (TPSA) is 83.1 Å². The summed E-state index contributed by atoms with van der Waals surface area (Å²) >= 11 is 0. The van der Waals surface area contributed by atoms with Gasteiger partial charge in [0.25, 0.3) is 5.91 Å². The number of ether oxygens (including phenoxy) is 4. The molecule has 0 saturated carbocycles. The van der Waals surface area contributed by atoms with Gasteiger partial charge in [-0.2, -0.15) is 0 Å². The van der Waals surface area contributed by atoms with Crippen molar-refractivity contribution in [2.24, 2.45) is 0 Å². The Kier molecular flexibility index (Phi) is 6.37. The van der Waals surface area contributed by atoms with Gasteiger partial charge in [0.2, 0.25) is 5.75 Å². The first-order valence-corrected chi connectivity index (χ1v) is 7.52. The van der Waals surface area contributed by atoms with Crippen molar-refractivity contribution in [1.29, 1.82) is 0 Å². The molecular weight excluding hydrogens is 345 g/mol. The summed E-state index contributed by atoms with van der Waals surface area (Å²) in [6, 6.07) is 8.60. The van der Waals surface area contributed by atoms with E-state index in [1.807, 2.05) is 0 Å². The van der Waals surface area contributed by atoms with E-state index in [2.05, 4.69) is 5.32 Å². The van der Waals surface area contributed by atoms with Gasteiger partial charge in [0.05, 0.1) is 27.0 Å². The summed E-state index contributed by atoms with van der Waals surface area (Å²) in [4.78, 5) is 24.1. The lowest BCUT2D eigenvalue weighted by molar-refractivity contribution is -0.119. The molecule has 26 heavy (non-hydrogen) atoms. The second-order valence-corrected chi connectivity index (χ2v) is 4.99. The number of hydrogen-bond donors (Lipinski definition) is 1. The average molecular weight is 363 g/mol. The van der Waals surface area contributed by atoms with Crippen LogP contribution in [-0.4, -0.2) is 39.8 Å². The largest absolute Gasteiger partial charge is 0.493 e. The van der Waals surface area contributed by atoms with Gasteiger partial charge in [-0.25, -0.2) is 9.18 Å². The lowest BCUT2D eigenvalue weighted by Gasteiger charge is -2.15. The maximum Gasteiger partial charge on any atom is 0.342 e. The van der Waals surface area contributed by atoms with Crippen molar-refractivity contribution < 1.29 is 32.9 Å². The molecule has 7 nitrogen and oxygen atoms in total. The second kappa shape index (κ2) is 8.70. The van der Waals surface area contributed by atoms with Crippen LogP contribution in [-0.2, 0) is 9.53 Å². The van der Waals surface area contributed by atoms with E-state index in [0.717, 1.165) is 0 Å². The van der Waals surface area contributed by atoms with Gasteiger partial charge in [0.1, 0.15) is 11.4 Å². The molecule has 0 atom stereocenters. The monoisotopic (exact) mass is 363 g/mol. The van der Waals surface area contributed by atoms with Crippen LogP contribution in [0.4, 0.5) is 10.1 Å². The molecule has 0 bridgehead atoms. The van der Waals surface area contributed by atoms with Crippen LogP contribution in [0, 0.1) is 5.82 Å². The summed E-state index contributed by atoms with van der Waals surface area (Å²) in [5, 5.41) is 2.32. The Bertz CT molecular complexity index is 808. The van der Waals surface area contributed by atoms with Crippen molar-refractivity contribution in [3.63, 3.8) is 0 Å². The summed E-state index contributed by atoms with van der Waals surface area (Å²) in [7, 11) is 4.21. The number of hydrogen-bond acceptors (Lipinski definition) is 6. The summed E-state index contributed by atoms with van der Waals surface area (Å²) in [5.74, 6) is -1.35. The molecule has 1 amide bonds. The molecule has 0 aliphatic rings. The number of methoxy groups -OCH3 is 3. The molecule has 2 rings (SSSR count). The summed E-state index contributed by atoms with van der Waals surface area (Å²) in [6.07, 6.45) is 0. The third kappa shape index (κ3) is 4.21. The number of benzene rings is 2. The fraction of sp³-hybridized carbons (Fsp3) is 0.222. The normalized spacial score (nSPS) is 10.0. The van der Waals surface area contributed by atoms with Crippen LogP contribution in [0.5, 0.6) is 17.2 Å². The minimum Gasteiger partial charge on any atom is -0.493 e. The Morgan fingerprint density at radius 1 is 0.962 bits per heavy atom. The molecule has 1 N–H and O–H groups in total. The first-order chi connectivity index (χ1) is 12.5. The van der Waals surface area contributed by atoms with Gasteiger partial charge >= 0.3 is 5.97 Å². The number of halogens is 1. The quantitative estimate of drug-likeness (QED) is 0.762. The van der Waals surface area contributed by atoms with Crippen LogP contribution in [0.1, 0.15) is 10.4 Å². The molecular formula is C18H18FNO6. The van der Waals surface area contributed by atoms with Crippen molar-refractivity contribution in [3.05, 3.63) is 47.8 Å². The first kappa shape index (κ1) is 19.0. The van der Waals surface area contributed by atoms with E-state index in [9.17, 15) is 14.0 Å². The third-order valence-electron chi connectivity index (χ3n) is 3.41. The minimum absolute atomic E-state index is 0.00255. The zero-order valence-corrected chi connectivity index (χ0v) is 14.5. The zero-order chi connectivity index (χ0) is 19.1. The Morgan fingerprint density at radius 3 is 2.27 bits per heavy atom. The molecule has 138 valence electrons. The fourth-order valence-electron chi connectivity index (χ4n) is 2.22. The molecule has 0 unspecified atom stereocenters. The molecule has 0 saturated heterocycles. The summed E-state index contributed by atoms with van der Waals surface area (Å²) < 4.78 is 34.0. The van der Waals surface area contributed by atoms with Crippen molar-refractivity contribution in [2.75, 3.05) is 33.3 Å². The van der Waals surface area contributed by atoms with Gasteiger partial charge in [-0.1, -0.05) is 12.1 Å². The van der Waals surface area contributed by atoms with E-state index >= 15 is 0 Å². The number of amides is 1. The van der Waals surface area contributed by atoms with E-state index < -0.39 is 24.3 Å². The molecule has 0 aliphatic carbocycles. The Labute approximate surface area is 149 Å². The Hall–Kier alpha value is -3.29. The average Bonchev–Trinajstić information content (AvgIpc) is 2.66. The summed E-state index contributed by atoms with van der Waals surface area (Å²) in [6.45, 7) is -0.593. The lowest BCUT2D eigenvalue weighted by Crippen LogP contribution is -2.21. The van der Waals surface area contributed by atoms with Crippen LogP contribution in [0.15, 0.2) is 36.4 Å². The maximum atomic E-state index is 13.5. The highest BCUT2D eigenvalue weighted by atomic mass is 19.1. The number of nitrogens with one attached hydrogen (secondary N) is 1. The maximum absolute atomic E-state index is 13.5. The SMILES string of the molecule is COc1ccc(C(=O)OCC(=O)Nc2ccccc2F)c(OC)c1OC. The van der Waals surface area contributed by atoms with Crippen LogP contribution in [0.3, 0.4) is 0 Å². The van der Waals surface area contributed by atoms with Crippen LogP contribution in [0.25, 0.3) is 0 Å². The van der Waals surface area contributed by atoms with Crippen molar-refractivity contribution in [2.45, 2.75) is 0 Å². The highest BCUT2D eigenvalue weighted by Gasteiger charge is 2.22. The van der Waals surface area contributed by atoms with Gasteiger partial charge in [-0.3, -0.25) is 4.79 Å². The highest BCUT2D eigenvalue weighted by Crippen LogP contribution is 2.39. The Balaban J connectivity index is 2.08. The molecule has 2 aromatic carbocycles. The standard InChI is InChI=1S/C18H18FNO6/c1-23-14-9-8-11(16(24-2)17(14)25-3)18(22)26-10-15(21)20-13-7-5-4-6-12(13)19/h4-9H,10H2,1-3H3,(H,20,21). The number of carbonyl (C=O) groups is 2. The third-order valence-corrected chi connectivity index (χ3v) is 3.41. The fourth-order valence-corrected chi connectivity index (χ4v) is 2.22. The predicted octanol–water partition coefficient (Wildman–Crippen LogP) is 2.65. The zero-order valence-electron chi connectivity index (χ0n) is 14.5. The van der Waals surface area contributed by atoms with E-state index in [1.54, 1.807) is 6.07 Å². The van der Waals surface area contributed by atoms with E-state index in [-0.39, 0.29) is 22.7 Å². The van der Waals surface area contributed by atoms with Gasteiger partial charge in [-0.15, -0.1) is 0 Å². The molecule has 2 aromatic rings. The van der Waals surface area contributed by atoms with Crippen LogP contribution < -0.4 is 19.5 Å².